The van der Waals surface area contributed by atoms with Gasteiger partial charge in [0, 0.05) is 11.6 Å². The van der Waals surface area contributed by atoms with Crippen LogP contribution in [0.3, 0.4) is 0 Å². The van der Waals surface area contributed by atoms with Crippen molar-refractivity contribution in [2.24, 2.45) is 0 Å². The first-order valence-electron chi connectivity index (χ1n) is 5.70. The Morgan fingerprint density at radius 2 is 2.10 bits per heavy atom. The quantitative estimate of drug-likeness (QED) is 0.939. The van der Waals surface area contributed by atoms with Crippen LogP contribution in [0.5, 0.6) is 5.75 Å². The lowest BCUT2D eigenvalue weighted by molar-refractivity contribution is -0.136. The van der Waals surface area contributed by atoms with Crippen LogP contribution in [0.25, 0.3) is 10.9 Å². The van der Waals surface area contributed by atoms with Gasteiger partial charge >= 0.3 is 12.1 Å². The van der Waals surface area contributed by atoms with Crippen LogP contribution in [0.4, 0.5) is 13.2 Å². The topological polar surface area (TPSA) is 59.4 Å². The molecule has 1 N–H and O–H groups in total. The molecule has 7 heteroatoms. The summed E-state index contributed by atoms with van der Waals surface area (Å²) in [5.74, 6) is -1.44. The fourth-order valence-electron chi connectivity index (χ4n) is 1.90. The molecule has 2 rings (SSSR count). The van der Waals surface area contributed by atoms with E-state index in [0.717, 1.165) is 6.07 Å². The van der Waals surface area contributed by atoms with Gasteiger partial charge in [0.05, 0.1) is 23.3 Å². The van der Waals surface area contributed by atoms with Crippen molar-refractivity contribution in [2.75, 3.05) is 6.61 Å². The number of fused-ring (bicyclic) bond motifs is 1. The summed E-state index contributed by atoms with van der Waals surface area (Å²) in [5, 5.41) is 8.60. The number of nitrogens with zero attached hydrogens (tertiary/aromatic N) is 1. The Kier molecular flexibility index (Phi) is 3.52. The van der Waals surface area contributed by atoms with E-state index < -0.39 is 23.3 Å². The van der Waals surface area contributed by atoms with Gasteiger partial charge in [-0.3, -0.25) is 4.98 Å². The molecule has 1 heterocycles. The smallest absolute Gasteiger partial charge is 0.417 e. The molecule has 0 aliphatic rings. The maximum Gasteiger partial charge on any atom is 0.417 e. The van der Waals surface area contributed by atoms with E-state index in [1.165, 1.54) is 12.1 Å². The maximum absolute atomic E-state index is 13.1. The number of aromatic carboxylic acids is 1. The molecule has 106 valence electrons. The molecule has 0 spiro atoms. The van der Waals surface area contributed by atoms with Crippen LogP contribution in [-0.4, -0.2) is 22.7 Å². The minimum atomic E-state index is -4.79. The second kappa shape index (κ2) is 4.99. The number of hydrogen-bond donors (Lipinski definition) is 1. The molecule has 0 bridgehead atoms. The lowest BCUT2D eigenvalue weighted by atomic mass is 10.0. The van der Waals surface area contributed by atoms with E-state index in [1.54, 1.807) is 6.92 Å². The van der Waals surface area contributed by atoms with Crippen molar-refractivity contribution >= 4 is 16.9 Å². The SMILES string of the molecule is CCOc1ccc2ncc(C(=O)O)c(C(F)(F)F)c2c1. The number of carboxylic acids is 1. The largest absolute Gasteiger partial charge is 0.494 e. The van der Waals surface area contributed by atoms with Crippen LogP contribution in [0, 0.1) is 0 Å². The Labute approximate surface area is 111 Å². The lowest BCUT2D eigenvalue weighted by Crippen LogP contribution is -2.14. The van der Waals surface area contributed by atoms with E-state index in [2.05, 4.69) is 4.98 Å². The van der Waals surface area contributed by atoms with Crippen molar-refractivity contribution in [2.45, 2.75) is 13.1 Å². The molecule has 4 nitrogen and oxygen atoms in total. The van der Waals surface area contributed by atoms with Crippen molar-refractivity contribution in [3.05, 3.63) is 35.5 Å². The normalized spacial score (nSPS) is 11.6. The second-order valence-corrected chi connectivity index (χ2v) is 3.96. The number of hydrogen-bond acceptors (Lipinski definition) is 3. The first kappa shape index (κ1) is 14.1. The summed E-state index contributed by atoms with van der Waals surface area (Å²) in [6.45, 7) is 1.99. The molecule has 0 saturated carbocycles. The monoisotopic (exact) mass is 285 g/mol. The Balaban J connectivity index is 2.81. The van der Waals surface area contributed by atoms with E-state index in [1.807, 2.05) is 0 Å². The van der Waals surface area contributed by atoms with Gasteiger partial charge in [-0.1, -0.05) is 0 Å². The highest BCUT2D eigenvalue weighted by Gasteiger charge is 2.37. The van der Waals surface area contributed by atoms with Crippen LogP contribution in [0.1, 0.15) is 22.8 Å². The molecule has 0 aliphatic carbocycles. The van der Waals surface area contributed by atoms with E-state index in [-0.39, 0.29) is 16.7 Å². The Bertz CT molecular complexity index is 668. The lowest BCUT2D eigenvalue weighted by Gasteiger charge is -2.14. The van der Waals surface area contributed by atoms with E-state index in [0.29, 0.717) is 12.8 Å². The fourth-order valence-corrected chi connectivity index (χ4v) is 1.90. The second-order valence-electron chi connectivity index (χ2n) is 3.96. The molecule has 20 heavy (non-hydrogen) atoms. The highest BCUT2D eigenvalue weighted by atomic mass is 19.4. The van der Waals surface area contributed by atoms with Crippen LogP contribution >= 0.6 is 0 Å². The average Bonchev–Trinajstić information content (AvgIpc) is 2.36. The molecule has 0 unspecified atom stereocenters. The number of carboxylic acid groups (broad SMARTS) is 1. The summed E-state index contributed by atoms with van der Waals surface area (Å²) in [4.78, 5) is 14.7. The molecular formula is C13H10F3NO3. The van der Waals surface area contributed by atoms with Crippen molar-refractivity contribution in [3.8, 4) is 5.75 Å². The third-order valence-electron chi connectivity index (χ3n) is 2.66. The molecule has 0 aliphatic heterocycles. The number of aromatic nitrogens is 1. The highest BCUT2D eigenvalue weighted by molar-refractivity contribution is 5.96. The van der Waals surface area contributed by atoms with Gasteiger partial charge in [-0.2, -0.15) is 13.2 Å². The number of ether oxygens (including phenoxy) is 1. The van der Waals surface area contributed by atoms with Crippen LogP contribution in [0.15, 0.2) is 24.4 Å². The zero-order valence-electron chi connectivity index (χ0n) is 10.4. The van der Waals surface area contributed by atoms with Gasteiger partial charge in [0.25, 0.3) is 0 Å². The van der Waals surface area contributed by atoms with Crippen LogP contribution in [0.2, 0.25) is 0 Å². The summed E-state index contributed by atoms with van der Waals surface area (Å²) in [6, 6.07) is 4.00. The summed E-state index contributed by atoms with van der Waals surface area (Å²) >= 11 is 0. The molecule has 0 amide bonds. The zero-order valence-corrected chi connectivity index (χ0v) is 10.4. The first-order chi connectivity index (χ1) is 9.34. The zero-order chi connectivity index (χ0) is 14.9. The Hall–Kier alpha value is -2.31. The van der Waals surface area contributed by atoms with Crippen molar-refractivity contribution in [1.29, 1.82) is 0 Å². The van der Waals surface area contributed by atoms with Gasteiger partial charge in [0.15, 0.2) is 0 Å². The number of alkyl halides is 3. The molecule has 1 aromatic carbocycles. The summed E-state index contributed by atoms with van der Waals surface area (Å²) in [7, 11) is 0. The van der Waals surface area contributed by atoms with Gasteiger partial charge in [-0.25, -0.2) is 4.79 Å². The number of carbonyl (C=O) groups is 1. The molecule has 2 aromatic rings. The molecule has 0 saturated heterocycles. The van der Waals surface area contributed by atoms with Gasteiger partial charge in [0.2, 0.25) is 0 Å². The minimum absolute atomic E-state index is 0.0609. The van der Waals surface area contributed by atoms with Crippen molar-refractivity contribution in [1.82, 2.24) is 4.98 Å². The van der Waals surface area contributed by atoms with E-state index in [4.69, 9.17) is 9.84 Å². The summed E-state index contributed by atoms with van der Waals surface area (Å²) in [6.07, 6.45) is -4.08. The van der Waals surface area contributed by atoms with Gasteiger partial charge in [-0.15, -0.1) is 0 Å². The predicted molar refractivity (Wildman–Crippen MR) is 64.9 cm³/mol. The summed E-state index contributed by atoms with van der Waals surface area (Å²) < 4.78 is 44.5. The molecule has 0 radical (unpaired) electrons. The number of rotatable bonds is 3. The molecule has 0 atom stereocenters. The van der Waals surface area contributed by atoms with Crippen LogP contribution in [-0.2, 0) is 6.18 Å². The third-order valence-corrected chi connectivity index (χ3v) is 2.66. The van der Waals surface area contributed by atoms with Crippen LogP contribution < -0.4 is 4.74 Å². The van der Waals surface area contributed by atoms with Gasteiger partial charge < -0.3 is 9.84 Å². The highest BCUT2D eigenvalue weighted by Crippen LogP contribution is 2.37. The van der Waals surface area contributed by atoms with Crippen molar-refractivity contribution in [3.63, 3.8) is 0 Å². The Morgan fingerprint density at radius 1 is 1.40 bits per heavy atom. The standard InChI is InChI=1S/C13H10F3NO3/c1-2-20-7-3-4-10-8(5-7)11(13(14,15)16)9(6-17-10)12(18)19/h3-6H,2H2,1H3,(H,18,19). The average molecular weight is 285 g/mol. The van der Waals surface area contributed by atoms with Crippen molar-refractivity contribution < 1.29 is 27.8 Å². The molecular weight excluding hydrogens is 275 g/mol. The maximum atomic E-state index is 13.1. The fraction of sp³-hybridized carbons (Fsp3) is 0.231. The minimum Gasteiger partial charge on any atom is -0.494 e. The number of benzene rings is 1. The van der Waals surface area contributed by atoms with E-state index in [9.17, 15) is 18.0 Å². The molecule has 1 aromatic heterocycles. The number of pyridine rings is 1. The Morgan fingerprint density at radius 3 is 2.65 bits per heavy atom. The van der Waals surface area contributed by atoms with Gasteiger partial charge in [-0.05, 0) is 25.1 Å². The first-order valence-corrected chi connectivity index (χ1v) is 5.70. The van der Waals surface area contributed by atoms with E-state index >= 15 is 0 Å². The van der Waals surface area contributed by atoms with Gasteiger partial charge in [0.1, 0.15) is 5.75 Å². The molecule has 0 fully saturated rings. The summed E-state index contributed by atoms with van der Waals surface area (Å²) in [5.41, 5.74) is -2.03. The predicted octanol–water partition coefficient (Wildman–Crippen LogP) is 3.35. The third kappa shape index (κ3) is 2.52. The number of halogens is 3.